The molecule has 0 fully saturated rings. The van der Waals surface area contributed by atoms with Gasteiger partial charge in [-0.2, -0.15) is 0 Å². The maximum atomic E-state index is 12.9. The number of carbonyl (C=O) groups is 3. The van der Waals surface area contributed by atoms with E-state index in [9.17, 15) is 14.4 Å². The number of rotatable bonds is 59. The van der Waals surface area contributed by atoms with E-state index in [1.54, 1.807) is 0 Å². The van der Waals surface area contributed by atoms with Crippen LogP contribution in [0.5, 0.6) is 0 Å². The van der Waals surface area contributed by atoms with Crippen LogP contribution in [0.2, 0.25) is 0 Å². The Labute approximate surface area is 494 Å². The minimum atomic E-state index is -0.799. The Balaban J connectivity index is 4.44. The molecular weight excluding hydrogens is 985 g/mol. The first-order valence-electron chi connectivity index (χ1n) is 33.2. The number of hydrogen-bond acceptors (Lipinski definition) is 6. The van der Waals surface area contributed by atoms with E-state index in [2.05, 4.69) is 154 Å². The third-order valence-corrected chi connectivity index (χ3v) is 13.9. The summed E-state index contributed by atoms with van der Waals surface area (Å²) in [6.07, 6.45) is 94.5. The number of carbonyl (C=O) groups excluding carboxylic acids is 3. The van der Waals surface area contributed by atoms with Gasteiger partial charge in [-0.25, -0.2) is 0 Å². The topological polar surface area (TPSA) is 78.9 Å². The fraction of sp³-hybridized carbons (Fsp3) is 0.662. The summed E-state index contributed by atoms with van der Waals surface area (Å²) in [7, 11) is 0. The predicted molar refractivity (Wildman–Crippen MR) is 348 cm³/mol. The highest BCUT2D eigenvalue weighted by molar-refractivity contribution is 5.71. The van der Waals surface area contributed by atoms with Crippen LogP contribution in [-0.2, 0) is 28.6 Å². The van der Waals surface area contributed by atoms with Gasteiger partial charge < -0.3 is 14.2 Å². The highest BCUT2D eigenvalue weighted by Gasteiger charge is 2.19. The van der Waals surface area contributed by atoms with Gasteiger partial charge in [0.25, 0.3) is 0 Å². The molecule has 0 aromatic carbocycles. The van der Waals surface area contributed by atoms with E-state index in [-0.39, 0.29) is 31.1 Å². The molecule has 0 radical (unpaired) electrons. The molecule has 1 unspecified atom stereocenters. The molecule has 6 nitrogen and oxygen atoms in total. The molecule has 0 N–H and O–H groups in total. The van der Waals surface area contributed by atoms with Gasteiger partial charge >= 0.3 is 17.9 Å². The van der Waals surface area contributed by atoms with E-state index < -0.39 is 6.10 Å². The zero-order chi connectivity index (χ0) is 57.8. The molecule has 0 bridgehead atoms. The quantitative estimate of drug-likeness (QED) is 0.0261. The van der Waals surface area contributed by atoms with E-state index >= 15 is 0 Å². The number of ether oxygens (including phenoxy) is 3. The fourth-order valence-corrected chi connectivity index (χ4v) is 9.00. The second kappa shape index (κ2) is 67.1. The van der Waals surface area contributed by atoms with Gasteiger partial charge in [0.05, 0.1) is 0 Å². The Morgan fingerprint density at radius 2 is 0.487 bits per heavy atom. The smallest absolute Gasteiger partial charge is 0.306 e. The number of hydrogen-bond donors (Lipinski definition) is 0. The minimum Gasteiger partial charge on any atom is -0.462 e. The van der Waals surface area contributed by atoms with Crippen LogP contribution in [0.25, 0.3) is 0 Å². The molecule has 0 rings (SSSR count). The zero-order valence-corrected chi connectivity index (χ0v) is 52.0. The first-order valence-corrected chi connectivity index (χ1v) is 33.2. The van der Waals surface area contributed by atoms with Crippen LogP contribution in [0.4, 0.5) is 0 Å². The Morgan fingerprint density at radius 3 is 0.762 bits per heavy atom. The monoisotopic (exact) mass is 1110 g/mol. The maximum Gasteiger partial charge on any atom is 0.306 e. The minimum absolute atomic E-state index is 0.0914. The van der Waals surface area contributed by atoms with Crippen molar-refractivity contribution < 1.29 is 28.6 Å². The molecule has 6 heteroatoms. The highest BCUT2D eigenvalue weighted by atomic mass is 16.6. The van der Waals surface area contributed by atoms with Crippen molar-refractivity contribution in [3.05, 3.63) is 134 Å². The molecule has 0 aliphatic carbocycles. The average molecular weight is 1110 g/mol. The van der Waals surface area contributed by atoms with E-state index in [1.807, 2.05) is 0 Å². The van der Waals surface area contributed by atoms with Crippen molar-refractivity contribution in [2.45, 2.75) is 303 Å². The number of allylic oxidation sites excluding steroid dienone is 22. The van der Waals surface area contributed by atoms with Gasteiger partial charge in [0, 0.05) is 19.3 Å². The Bertz CT molecular complexity index is 1700. The standard InChI is InChI=1S/C74H122O6/c1-4-7-10-13-16-19-22-25-28-31-33-34-35-36-37-38-39-40-42-43-46-49-52-55-58-61-64-67-73(76)79-70-71(69-78-72(75)66-63-60-57-54-51-48-45-30-27-24-21-18-15-12-9-6-3)80-74(77)68-65-62-59-56-53-50-47-44-41-32-29-26-23-20-17-14-11-8-5-2/h7-8,10-11,16-17,19-20,25-26,28-29,33-34,36-37,39-41,43-44,46,71H,4-6,9,12-15,18,21-24,27,30-32,35,38,42,45,47-70H2,1-3H3/b10-7-,11-8-,19-16-,20-17-,28-25-,29-26-,34-33-,37-36-,40-39-,44-41-,46-43-. The summed E-state index contributed by atoms with van der Waals surface area (Å²) >= 11 is 0. The van der Waals surface area contributed by atoms with Crippen LogP contribution in [0.3, 0.4) is 0 Å². The lowest BCUT2D eigenvalue weighted by Crippen LogP contribution is -2.30. The molecule has 80 heavy (non-hydrogen) atoms. The van der Waals surface area contributed by atoms with Crippen molar-refractivity contribution in [1.82, 2.24) is 0 Å². The van der Waals surface area contributed by atoms with Crippen LogP contribution >= 0.6 is 0 Å². The summed E-state index contributed by atoms with van der Waals surface area (Å²) in [5, 5.41) is 0. The van der Waals surface area contributed by atoms with E-state index in [4.69, 9.17) is 14.2 Å². The number of unbranched alkanes of at least 4 members (excludes halogenated alkanes) is 26. The molecule has 0 aliphatic heterocycles. The van der Waals surface area contributed by atoms with E-state index in [0.717, 1.165) is 161 Å². The van der Waals surface area contributed by atoms with Crippen LogP contribution in [-0.4, -0.2) is 37.2 Å². The Hall–Kier alpha value is -4.45. The third-order valence-electron chi connectivity index (χ3n) is 13.9. The Morgan fingerprint density at radius 1 is 0.263 bits per heavy atom. The van der Waals surface area contributed by atoms with Crippen molar-refractivity contribution in [2.75, 3.05) is 13.2 Å². The van der Waals surface area contributed by atoms with E-state index in [0.29, 0.717) is 19.3 Å². The average Bonchev–Trinajstić information content (AvgIpc) is 3.46. The summed E-state index contributed by atoms with van der Waals surface area (Å²) in [5.74, 6) is -0.919. The molecule has 0 amide bonds. The summed E-state index contributed by atoms with van der Waals surface area (Å²) in [6.45, 7) is 6.41. The van der Waals surface area contributed by atoms with Gasteiger partial charge in [-0.15, -0.1) is 0 Å². The largest absolute Gasteiger partial charge is 0.462 e. The molecule has 1 atom stereocenters. The lowest BCUT2D eigenvalue weighted by Gasteiger charge is -2.18. The van der Waals surface area contributed by atoms with Gasteiger partial charge in [0.15, 0.2) is 6.10 Å². The first kappa shape index (κ1) is 75.5. The predicted octanol–water partition coefficient (Wildman–Crippen LogP) is 22.9. The molecule has 0 saturated heterocycles. The molecule has 454 valence electrons. The number of esters is 3. The maximum absolute atomic E-state index is 12.9. The van der Waals surface area contributed by atoms with Crippen molar-refractivity contribution in [2.24, 2.45) is 0 Å². The normalized spacial score (nSPS) is 13.0. The Kier molecular flexibility index (Phi) is 63.3. The SMILES string of the molecule is CC/C=C\C/C=C\C/C=C\C/C=C\C/C=C\C/C=C\C/C=C\CCCCCCCC(=O)OCC(COC(=O)CCCCCCCCCCCCCCCCCC)OC(=O)CCCCCCCC/C=C\C/C=C\C/C=C\C/C=C\CC. The van der Waals surface area contributed by atoms with Crippen LogP contribution in [0, 0.1) is 0 Å². The van der Waals surface area contributed by atoms with Crippen LogP contribution < -0.4 is 0 Å². The lowest BCUT2D eigenvalue weighted by atomic mass is 10.0. The molecule has 0 spiro atoms. The van der Waals surface area contributed by atoms with Gasteiger partial charge in [-0.1, -0.05) is 296 Å². The summed E-state index contributed by atoms with van der Waals surface area (Å²) < 4.78 is 16.9. The molecule has 0 aliphatic rings. The first-order chi connectivity index (χ1) is 39.5. The van der Waals surface area contributed by atoms with Gasteiger partial charge in [-0.3, -0.25) is 14.4 Å². The fourth-order valence-electron chi connectivity index (χ4n) is 9.00. The molecule has 0 aromatic heterocycles. The van der Waals surface area contributed by atoms with Gasteiger partial charge in [-0.05, 0) is 116 Å². The van der Waals surface area contributed by atoms with Crippen LogP contribution in [0.15, 0.2) is 134 Å². The molecule has 0 saturated carbocycles. The van der Waals surface area contributed by atoms with Gasteiger partial charge in [0.2, 0.25) is 0 Å². The van der Waals surface area contributed by atoms with Crippen LogP contribution in [0.1, 0.15) is 297 Å². The summed E-state index contributed by atoms with van der Waals surface area (Å²) in [4.78, 5) is 38.4. The highest BCUT2D eigenvalue weighted by Crippen LogP contribution is 2.16. The molecule has 0 heterocycles. The zero-order valence-electron chi connectivity index (χ0n) is 52.0. The summed E-state index contributed by atoms with van der Waals surface area (Å²) in [6, 6.07) is 0. The van der Waals surface area contributed by atoms with Crippen molar-refractivity contribution in [3.8, 4) is 0 Å². The molecular formula is C74H122O6. The lowest BCUT2D eigenvalue weighted by molar-refractivity contribution is -0.167. The molecule has 0 aromatic rings. The van der Waals surface area contributed by atoms with Crippen molar-refractivity contribution in [1.29, 1.82) is 0 Å². The van der Waals surface area contributed by atoms with Crippen molar-refractivity contribution >= 4 is 17.9 Å². The third kappa shape index (κ3) is 64.4. The summed E-state index contributed by atoms with van der Waals surface area (Å²) in [5.41, 5.74) is 0. The van der Waals surface area contributed by atoms with Crippen molar-refractivity contribution in [3.63, 3.8) is 0 Å². The second-order valence-corrected chi connectivity index (χ2v) is 21.6. The second-order valence-electron chi connectivity index (χ2n) is 21.6. The van der Waals surface area contributed by atoms with E-state index in [1.165, 1.54) is 96.3 Å². The van der Waals surface area contributed by atoms with Gasteiger partial charge in [0.1, 0.15) is 13.2 Å².